The van der Waals surface area contributed by atoms with Crippen LogP contribution in [-0.4, -0.2) is 16.5 Å². The molecule has 0 unspecified atom stereocenters. The molecule has 23 heavy (non-hydrogen) atoms. The smallest absolute Gasteiger partial charge is 0.139 e. The third kappa shape index (κ3) is 2.12. The number of aliphatic hydroxyl groups is 1. The summed E-state index contributed by atoms with van der Waals surface area (Å²) in [5, 5.41) is 10.8. The first-order chi connectivity index (χ1) is 10.8. The molecule has 0 bridgehead atoms. The number of fused-ring (bicyclic) bond motifs is 5. The Kier molecular flexibility index (Phi) is 3.55. The van der Waals surface area contributed by atoms with Crippen LogP contribution in [0.4, 0.5) is 0 Å². The molecule has 0 aromatic heterocycles. The number of rotatable bonds is 1. The van der Waals surface area contributed by atoms with E-state index >= 15 is 0 Å². The van der Waals surface area contributed by atoms with Gasteiger partial charge in [-0.15, -0.1) is 0 Å². The van der Waals surface area contributed by atoms with Gasteiger partial charge in [-0.25, -0.2) is 0 Å². The van der Waals surface area contributed by atoms with Crippen molar-refractivity contribution in [3.05, 3.63) is 0 Å². The first-order valence-electron chi connectivity index (χ1n) is 10.1. The largest absolute Gasteiger partial charge is 0.390 e. The van der Waals surface area contributed by atoms with Crippen LogP contribution in [0.15, 0.2) is 0 Å². The molecule has 0 spiro atoms. The van der Waals surface area contributed by atoms with Crippen LogP contribution in [0.5, 0.6) is 0 Å². The van der Waals surface area contributed by atoms with Crippen molar-refractivity contribution in [2.45, 2.75) is 90.6 Å². The average molecular weight is 319 g/mol. The Labute approximate surface area is 141 Å². The standard InChI is InChI=1S/C21H34O2/c1-4-21(23)12-11-19(2)14(13-21)5-6-15-16-7-8-18(22)20(16,3)10-9-17(15)19/h14-17,23H,4-13H2,1-3H3/t14-,15-,16+,17-,19-,20-,21-/m0/s1. The van der Waals surface area contributed by atoms with Gasteiger partial charge in [0.15, 0.2) is 0 Å². The molecule has 4 aliphatic carbocycles. The van der Waals surface area contributed by atoms with Crippen LogP contribution in [0.3, 0.4) is 0 Å². The molecule has 2 nitrogen and oxygen atoms in total. The number of ketones is 1. The number of Topliss-reactive ketones (excluding diaryl/α,β-unsaturated/α-hetero) is 1. The highest BCUT2D eigenvalue weighted by atomic mass is 16.3. The minimum absolute atomic E-state index is 0.00316. The summed E-state index contributed by atoms with van der Waals surface area (Å²) in [7, 11) is 0. The third-order valence-corrected chi connectivity index (χ3v) is 9.19. The Morgan fingerprint density at radius 2 is 1.83 bits per heavy atom. The number of hydrogen-bond donors (Lipinski definition) is 1. The van der Waals surface area contributed by atoms with Crippen molar-refractivity contribution in [1.82, 2.24) is 0 Å². The SMILES string of the molecule is CC[C@]1(O)CC[C@@]2(C)[C@@H](CC[C@H]3[C@H]4CCC(=O)[C@@]4(C)CC[C@@H]32)C1. The fourth-order valence-corrected chi connectivity index (χ4v) is 7.41. The van der Waals surface area contributed by atoms with Gasteiger partial charge >= 0.3 is 0 Å². The second-order valence-corrected chi connectivity index (χ2v) is 9.86. The topological polar surface area (TPSA) is 37.3 Å². The lowest BCUT2D eigenvalue weighted by molar-refractivity contribution is -0.154. The molecule has 0 radical (unpaired) electrons. The predicted octanol–water partition coefficient (Wildman–Crippen LogP) is 4.74. The Morgan fingerprint density at radius 3 is 2.57 bits per heavy atom. The number of hydrogen-bond acceptors (Lipinski definition) is 2. The summed E-state index contributed by atoms with van der Waals surface area (Å²) in [4.78, 5) is 12.5. The average Bonchev–Trinajstić information content (AvgIpc) is 2.84. The quantitative estimate of drug-likeness (QED) is 0.758. The van der Waals surface area contributed by atoms with Gasteiger partial charge < -0.3 is 5.11 Å². The fraction of sp³-hybridized carbons (Fsp3) is 0.952. The lowest BCUT2D eigenvalue weighted by Crippen LogP contribution is -2.55. The molecule has 7 atom stereocenters. The first-order valence-corrected chi connectivity index (χ1v) is 10.1. The Hall–Kier alpha value is -0.370. The van der Waals surface area contributed by atoms with Crippen LogP contribution in [-0.2, 0) is 4.79 Å². The molecule has 0 aromatic carbocycles. The van der Waals surface area contributed by atoms with Gasteiger partial charge in [-0.05, 0) is 86.9 Å². The zero-order valence-electron chi connectivity index (χ0n) is 15.2. The Balaban J connectivity index is 1.61. The fourth-order valence-electron chi connectivity index (χ4n) is 7.41. The molecular weight excluding hydrogens is 284 g/mol. The van der Waals surface area contributed by atoms with E-state index in [1.807, 2.05) is 0 Å². The lowest BCUT2D eigenvalue weighted by Gasteiger charge is -2.61. The van der Waals surface area contributed by atoms with Gasteiger partial charge in [0.05, 0.1) is 5.60 Å². The van der Waals surface area contributed by atoms with Crippen molar-refractivity contribution < 1.29 is 9.90 Å². The molecule has 0 saturated heterocycles. The van der Waals surface area contributed by atoms with Crippen molar-refractivity contribution in [1.29, 1.82) is 0 Å². The summed E-state index contributed by atoms with van der Waals surface area (Å²) < 4.78 is 0. The van der Waals surface area contributed by atoms with E-state index in [9.17, 15) is 9.90 Å². The highest BCUT2D eigenvalue weighted by Crippen LogP contribution is 2.66. The lowest BCUT2D eigenvalue weighted by atomic mass is 9.44. The molecule has 4 saturated carbocycles. The maximum atomic E-state index is 12.5. The van der Waals surface area contributed by atoms with Crippen LogP contribution in [0.25, 0.3) is 0 Å². The molecule has 130 valence electrons. The van der Waals surface area contributed by atoms with Crippen molar-refractivity contribution in [2.24, 2.45) is 34.5 Å². The Bertz CT molecular complexity index is 514. The second-order valence-electron chi connectivity index (χ2n) is 9.86. The molecule has 0 aliphatic heterocycles. The van der Waals surface area contributed by atoms with Gasteiger partial charge in [-0.3, -0.25) is 4.79 Å². The van der Waals surface area contributed by atoms with Crippen LogP contribution in [0.2, 0.25) is 0 Å². The van der Waals surface area contributed by atoms with E-state index in [2.05, 4.69) is 20.8 Å². The van der Waals surface area contributed by atoms with Crippen LogP contribution in [0, 0.1) is 34.5 Å². The van der Waals surface area contributed by atoms with E-state index in [4.69, 9.17) is 0 Å². The Morgan fingerprint density at radius 1 is 1.04 bits per heavy atom. The molecule has 1 N–H and O–H groups in total. The maximum absolute atomic E-state index is 12.5. The maximum Gasteiger partial charge on any atom is 0.139 e. The summed E-state index contributed by atoms with van der Waals surface area (Å²) in [5.41, 5.74) is 0.0178. The van der Waals surface area contributed by atoms with Crippen molar-refractivity contribution in [2.75, 3.05) is 0 Å². The van der Waals surface area contributed by atoms with E-state index < -0.39 is 5.60 Å². The van der Waals surface area contributed by atoms with Crippen LogP contribution >= 0.6 is 0 Å². The van der Waals surface area contributed by atoms with E-state index in [-0.39, 0.29) is 5.41 Å². The van der Waals surface area contributed by atoms with Gasteiger partial charge in [0.2, 0.25) is 0 Å². The van der Waals surface area contributed by atoms with E-state index in [0.717, 1.165) is 50.4 Å². The van der Waals surface area contributed by atoms with Crippen molar-refractivity contribution >= 4 is 5.78 Å². The zero-order chi connectivity index (χ0) is 16.5. The second kappa shape index (κ2) is 5.07. The minimum Gasteiger partial charge on any atom is -0.390 e. The van der Waals surface area contributed by atoms with E-state index in [1.54, 1.807) is 0 Å². The number of carbonyl (C=O) groups excluding carboxylic acids is 1. The zero-order valence-corrected chi connectivity index (χ0v) is 15.2. The molecule has 0 amide bonds. The van der Waals surface area contributed by atoms with Crippen molar-refractivity contribution in [3.63, 3.8) is 0 Å². The summed E-state index contributed by atoms with van der Waals surface area (Å²) in [6.07, 6.45) is 11.0. The highest BCUT2D eigenvalue weighted by molar-refractivity contribution is 5.87. The summed E-state index contributed by atoms with van der Waals surface area (Å²) in [5.74, 6) is 3.47. The number of carbonyl (C=O) groups is 1. The monoisotopic (exact) mass is 318 g/mol. The van der Waals surface area contributed by atoms with E-state index in [0.29, 0.717) is 23.0 Å². The molecule has 0 aromatic rings. The van der Waals surface area contributed by atoms with Gasteiger partial charge in [0.25, 0.3) is 0 Å². The highest BCUT2D eigenvalue weighted by Gasteiger charge is 2.61. The van der Waals surface area contributed by atoms with Crippen LogP contribution in [0.1, 0.15) is 85.0 Å². The normalized spacial score (nSPS) is 55.9. The van der Waals surface area contributed by atoms with Gasteiger partial charge in [-0.2, -0.15) is 0 Å². The molecular formula is C21H34O2. The summed E-state index contributed by atoms with van der Waals surface area (Å²) in [6.45, 7) is 6.95. The minimum atomic E-state index is -0.399. The summed E-state index contributed by atoms with van der Waals surface area (Å²) in [6, 6.07) is 0. The van der Waals surface area contributed by atoms with Crippen LogP contribution < -0.4 is 0 Å². The van der Waals surface area contributed by atoms with E-state index in [1.165, 1.54) is 25.7 Å². The van der Waals surface area contributed by atoms with Gasteiger partial charge in [0, 0.05) is 11.8 Å². The molecule has 2 heteroatoms. The van der Waals surface area contributed by atoms with Gasteiger partial charge in [0.1, 0.15) is 5.78 Å². The third-order valence-electron chi connectivity index (χ3n) is 9.19. The van der Waals surface area contributed by atoms with Crippen molar-refractivity contribution in [3.8, 4) is 0 Å². The molecule has 0 heterocycles. The summed E-state index contributed by atoms with van der Waals surface area (Å²) >= 11 is 0. The molecule has 4 rings (SSSR count). The first kappa shape index (κ1) is 16.1. The van der Waals surface area contributed by atoms with Gasteiger partial charge in [-0.1, -0.05) is 20.8 Å². The predicted molar refractivity (Wildman–Crippen MR) is 92.0 cm³/mol. The molecule has 4 fully saturated rings. The molecule has 4 aliphatic rings.